The first-order chi connectivity index (χ1) is 9.81. The van der Waals surface area contributed by atoms with E-state index in [9.17, 15) is 4.79 Å². The van der Waals surface area contributed by atoms with E-state index in [1.807, 2.05) is 38.1 Å². The van der Waals surface area contributed by atoms with Crippen molar-refractivity contribution in [1.82, 2.24) is 0 Å². The summed E-state index contributed by atoms with van der Waals surface area (Å²) in [5.41, 5.74) is 0. The van der Waals surface area contributed by atoms with Crippen LogP contribution < -0.4 is 4.74 Å². The molecule has 0 saturated carbocycles. The zero-order chi connectivity index (χ0) is 15.7. The third kappa shape index (κ3) is 3.89. The summed E-state index contributed by atoms with van der Waals surface area (Å²) in [6.45, 7) is 3.92. The molecule has 0 bridgehead atoms. The second-order valence-corrected chi connectivity index (χ2v) is 8.48. The molecule has 0 unspecified atom stereocenters. The molecule has 0 saturated heterocycles. The van der Waals surface area contributed by atoms with Gasteiger partial charge < -0.3 is 4.74 Å². The van der Waals surface area contributed by atoms with Gasteiger partial charge in [0.2, 0.25) is 0 Å². The van der Waals surface area contributed by atoms with Crippen LogP contribution in [0.1, 0.15) is 13.8 Å². The largest absolute Gasteiger partial charge is 0.423 e. The van der Waals surface area contributed by atoms with Crippen LogP contribution in [0.25, 0.3) is 10.8 Å². The molecule has 0 spiro atoms. The summed E-state index contributed by atoms with van der Waals surface area (Å²) in [4.78, 5) is 11.8. The molecule has 0 aliphatic rings. The predicted octanol–water partition coefficient (Wildman–Crippen LogP) is 6.45. The molecular weight excluding hydrogens is 532 g/mol. The second kappa shape index (κ2) is 7.11. The molecule has 0 fully saturated rings. The highest BCUT2D eigenvalue weighted by Gasteiger charge is 2.23. The lowest BCUT2D eigenvalue weighted by Gasteiger charge is -2.16. The van der Waals surface area contributed by atoms with E-state index >= 15 is 0 Å². The van der Waals surface area contributed by atoms with Crippen molar-refractivity contribution in [2.45, 2.75) is 18.7 Å². The van der Waals surface area contributed by atoms with Crippen LogP contribution in [0.3, 0.4) is 0 Å². The minimum atomic E-state index is -0.336. The van der Waals surface area contributed by atoms with Crippen LogP contribution in [0.4, 0.5) is 0 Å². The fraction of sp³-hybridized carbons (Fsp3) is 0.267. The van der Waals surface area contributed by atoms with Gasteiger partial charge in [0.25, 0.3) is 0 Å². The Kier molecular flexibility index (Phi) is 5.91. The number of hydrogen-bond acceptors (Lipinski definition) is 2. The monoisotopic (exact) mass is 540 g/mol. The van der Waals surface area contributed by atoms with E-state index < -0.39 is 0 Å². The number of carbonyl (C=O) groups is 1. The summed E-state index contributed by atoms with van der Waals surface area (Å²) in [6.07, 6.45) is 0. The fourth-order valence-electron chi connectivity index (χ4n) is 1.80. The van der Waals surface area contributed by atoms with Crippen molar-refractivity contribution in [3.8, 4) is 5.75 Å². The quantitative estimate of drug-likeness (QED) is 0.253. The molecule has 0 N–H and O–H groups in total. The molecule has 2 rings (SSSR count). The number of hydrogen-bond donors (Lipinski definition) is 0. The van der Waals surface area contributed by atoms with Gasteiger partial charge in [0.1, 0.15) is 4.83 Å². The van der Waals surface area contributed by atoms with Crippen LogP contribution in [-0.2, 0) is 4.79 Å². The molecule has 0 radical (unpaired) electrons. The summed E-state index contributed by atoms with van der Waals surface area (Å²) in [6, 6.07) is 7.87. The Morgan fingerprint density at radius 1 is 1.14 bits per heavy atom. The standard InChI is InChI=1S/C15H12Br4O2/c1-7(2)12(18)15(20)21-14-11(17)6-8-5-9(16)3-4-10(8)13(14)19/h3-7,12H,1-2H3/t12-/m0/s1. The zero-order valence-corrected chi connectivity index (χ0v) is 17.6. The third-order valence-electron chi connectivity index (χ3n) is 2.96. The summed E-state index contributed by atoms with van der Waals surface area (Å²) in [5, 5.41) is 2.03. The molecule has 2 aromatic carbocycles. The normalized spacial score (nSPS) is 12.7. The van der Waals surface area contributed by atoms with Gasteiger partial charge in [-0.05, 0) is 66.7 Å². The molecule has 0 aliphatic heterocycles. The van der Waals surface area contributed by atoms with E-state index in [1.165, 1.54) is 0 Å². The molecule has 0 aromatic heterocycles. The Bertz CT molecular complexity index is 698. The lowest BCUT2D eigenvalue weighted by atomic mass is 10.1. The van der Waals surface area contributed by atoms with E-state index in [4.69, 9.17) is 4.74 Å². The highest BCUT2D eigenvalue weighted by molar-refractivity contribution is 9.11. The number of ether oxygens (including phenoxy) is 1. The third-order valence-corrected chi connectivity index (χ3v) is 6.26. The zero-order valence-electron chi connectivity index (χ0n) is 11.3. The Balaban J connectivity index is 2.45. The van der Waals surface area contributed by atoms with Crippen molar-refractivity contribution in [3.63, 3.8) is 0 Å². The van der Waals surface area contributed by atoms with Crippen molar-refractivity contribution >= 4 is 80.5 Å². The maximum absolute atomic E-state index is 12.1. The van der Waals surface area contributed by atoms with Crippen LogP contribution >= 0.6 is 63.7 Å². The summed E-state index contributed by atoms with van der Waals surface area (Å²) < 4.78 is 8.04. The molecule has 1 atom stereocenters. The summed E-state index contributed by atoms with van der Waals surface area (Å²) in [5.74, 6) is 0.356. The lowest BCUT2D eigenvalue weighted by Crippen LogP contribution is -2.25. The molecule has 2 nitrogen and oxygen atoms in total. The average Bonchev–Trinajstić information content (AvgIpc) is 2.41. The molecule has 0 aliphatic carbocycles. The van der Waals surface area contributed by atoms with Crippen LogP contribution in [-0.4, -0.2) is 10.8 Å². The van der Waals surface area contributed by atoms with Crippen LogP contribution in [0.2, 0.25) is 0 Å². The van der Waals surface area contributed by atoms with Crippen molar-refractivity contribution in [2.24, 2.45) is 5.92 Å². The van der Waals surface area contributed by atoms with Gasteiger partial charge in [-0.25, -0.2) is 0 Å². The Hall–Kier alpha value is 0.0900. The van der Waals surface area contributed by atoms with Crippen molar-refractivity contribution in [1.29, 1.82) is 0 Å². The predicted molar refractivity (Wildman–Crippen MR) is 100 cm³/mol. The first-order valence-electron chi connectivity index (χ1n) is 6.24. The number of benzene rings is 2. The van der Waals surface area contributed by atoms with Gasteiger partial charge in [-0.1, -0.05) is 51.8 Å². The van der Waals surface area contributed by atoms with E-state index in [0.717, 1.165) is 24.2 Å². The number of rotatable bonds is 3. The molecule has 21 heavy (non-hydrogen) atoms. The van der Waals surface area contributed by atoms with E-state index in [2.05, 4.69) is 63.7 Å². The Morgan fingerprint density at radius 2 is 1.81 bits per heavy atom. The second-order valence-electron chi connectivity index (χ2n) is 4.93. The van der Waals surface area contributed by atoms with Gasteiger partial charge in [0.05, 0.1) is 8.95 Å². The van der Waals surface area contributed by atoms with E-state index in [1.54, 1.807) is 0 Å². The van der Waals surface area contributed by atoms with Gasteiger partial charge in [-0.15, -0.1) is 0 Å². The van der Waals surface area contributed by atoms with Gasteiger partial charge >= 0.3 is 5.97 Å². The number of halogens is 4. The number of esters is 1. The topological polar surface area (TPSA) is 26.3 Å². The van der Waals surface area contributed by atoms with Crippen molar-refractivity contribution in [2.75, 3.05) is 0 Å². The molecule has 2 aromatic rings. The summed E-state index contributed by atoms with van der Waals surface area (Å²) in [7, 11) is 0. The highest BCUT2D eigenvalue weighted by atomic mass is 79.9. The minimum Gasteiger partial charge on any atom is -0.423 e. The SMILES string of the molecule is CC(C)[C@H](Br)C(=O)Oc1c(Br)cc2cc(Br)ccc2c1Br. The number of carbonyl (C=O) groups excluding carboxylic acids is 1. The van der Waals surface area contributed by atoms with Crippen molar-refractivity contribution in [3.05, 3.63) is 37.7 Å². The summed E-state index contributed by atoms with van der Waals surface area (Å²) >= 11 is 13.8. The van der Waals surface area contributed by atoms with Gasteiger partial charge in [0.15, 0.2) is 5.75 Å². The van der Waals surface area contributed by atoms with Crippen LogP contribution in [0.15, 0.2) is 37.7 Å². The molecule has 6 heteroatoms. The minimum absolute atomic E-state index is 0.159. The van der Waals surface area contributed by atoms with Crippen LogP contribution in [0, 0.1) is 5.92 Å². The van der Waals surface area contributed by atoms with Gasteiger partial charge in [-0.2, -0.15) is 0 Å². The van der Waals surface area contributed by atoms with Gasteiger partial charge in [0, 0.05) is 4.47 Å². The Labute approximate surface area is 157 Å². The van der Waals surface area contributed by atoms with E-state index in [-0.39, 0.29) is 16.7 Å². The smallest absolute Gasteiger partial charge is 0.325 e. The highest BCUT2D eigenvalue weighted by Crippen LogP contribution is 2.40. The molecular formula is C15H12Br4O2. The van der Waals surface area contributed by atoms with E-state index in [0.29, 0.717) is 5.75 Å². The maximum Gasteiger partial charge on any atom is 0.325 e. The molecule has 112 valence electrons. The van der Waals surface area contributed by atoms with Crippen molar-refractivity contribution < 1.29 is 9.53 Å². The van der Waals surface area contributed by atoms with Gasteiger partial charge in [-0.3, -0.25) is 4.79 Å². The first kappa shape index (κ1) is 17.4. The fourth-order valence-corrected chi connectivity index (χ4v) is 3.72. The number of fused-ring (bicyclic) bond motifs is 1. The average molecular weight is 544 g/mol. The lowest BCUT2D eigenvalue weighted by molar-refractivity contribution is -0.134. The number of alkyl halides is 1. The Morgan fingerprint density at radius 3 is 2.43 bits per heavy atom. The van der Waals surface area contributed by atoms with Crippen LogP contribution in [0.5, 0.6) is 5.75 Å². The molecule has 0 amide bonds. The molecule has 0 heterocycles. The first-order valence-corrected chi connectivity index (χ1v) is 9.53. The maximum atomic E-state index is 12.1.